The summed E-state index contributed by atoms with van der Waals surface area (Å²) in [6, 6.07) is 10.6. The molecule has 0 saturated heterocycles. The molecule has 2 aromatic carbocycles. The number of carbonyl (C=O) groups excluding carboxylic acids is 1. The van der Waals surface area contributed by atoms with Crippen LogP contribution in [0.5, 0.6) is 5.75 Å². The molecule has 25 heavy (non-hydrogen) atoms. The molecular formula is C19H16N2O4. The Kier molecular flexibility index (Phi) is 3.46. The number of aromatic nitrogens is 1. The van der Waals surface area contributed by atoms with E-state index in [0.717, 1.165) is 27.7 Å². The van der Waals surface area contributed by atoms with Gasteiger partial charge in [-0.3, -0.25) is 4.79 Å². The Bertz CT molecular complexity index is 1020. The highest BCUT2D eigenvalue weighted by Gasteiger charge is 2.23. The van der Waals surface area contributed by atoms with E-state index < -0.39 is 5.97 Å². The molecule has 0 aliphatic carbocycles. The maximum absolute atomic E-state index is 12.2. The average Bonchev–Trinajstić information content (AvgIpc) is 2.90. The molecule has 3 N–H and O–H groups in total. The van der Waals surface area contributed by atoms with Crippen LogP contribution in [0, 0.1) is 0 Å². The molecule has 0 spiro atoms. The van der Waals surface area contributed by atoms with Gasteiger partial charge in [0.2, 0.25) is 0 Å². The summed E-state index contributed by atoms with van der Waals surface area (Å²) < 4.78 is 5.13. The van der Waals surface area contributed by atoms with E-state index in [1.807, 2.05) is 18.2 Å². The zero-order valence-electron chi connectivity index (χ0n) is 13.6. The fourth-order valence-corrected chi connectivity index (χ4v) is 3.43. The minimum atomic E-state index is -1.04. The molecule has 126 valence electrons. The minimum absolute atomic E-state index is 0.0872. The van der Waals surface area contributed by atoms with E-state index in [1.54, 1.807) is 18.2 Å². The molecule has 1 aromatic heterocycles. The monoisotopic (exact) mass is 336 g/mol. The summed E-state index contributed by atoms with van der Waals surface area (Å²) in [5, 5.41) is 13.2. The highest BCUT2D eigenvalue weighted by atomic mass is 16.5. The van der Waals surface area contributed by atoms with Crippen molar-refractivity contribution < 1.29 is 19.4 Å². The van der Waals surface area contributed by atoms with Gasteiger partial charge in [-0.05, 0) is 47.9 Å². The van der Waals surface area contributed by atoms with E-state index in [9.17, 15) is 14.7 Å². The van der Waals surface area contributed by atoms with Gasteiger partial charge in [0.1, 0.15) is 11.3 Å². The Morgan fingerprint density at radius 1 is 1.24 bits per heavy atom. The first-order chi connectivity index (χ1) is 12.1. The fraction of sp³-hybridized carbons (Fsp3) is 0.158. The van der Waals surface area contributed by atoms with Crippen molar-refractivity contribution in [1.82, 2.24) is 10.3 Å². The number of carboxylic acids is 1. The number of methoxy groups -OCH3 is 1. The molecule has 6 nitrogen and oxygen atoms in total. The fourth-order valence-electron chi connectivity index (χ4n) is 3.43. The third-order valence-electron chi connectivity index (χ3n) is 4.55. The van der Waals surface area contributed by atoms with Gasteiger partial charge in [0.15, 0.2) is 0 Å². The normalized spacial score (nSPS) is 13.4. The third-order valence-corrected chi connectivity index (χ3v) is 4.55. The Morgan fingerprint density at radius 2 is 2.08 bits per heavy atom. The number of hydrogen-bond acceptors (Lipinski definition) is 3. The van der Waals surface area contributed by atoms with E-state index in [4.69, 9.17) is 4.74 Å². The van der Waals surface area contributed by atoms with Crippen LogP contribution in [0.25, 0.3) is 22.2 Å². The van der Waals surface area contributed by atoms with Gasteiger partial charge in [0.25, 0.3) is 5.91 Å². The summed E-state index contributed by atoms with van der Waals surface area (Å²) in [5.41, 5.74) is 4.22. The second-order valence-corrected chi connectivity index (χ2v) is 5.93. The van der Waals surface area contributed by atoms with Crippen molar-refractivity contribution in [3.63, 3.8) is 0 Å². The lowest BCUT2D eigenvalue weighted by Gasteiger charge is -2.09. The quantitative estimate of drug-likeness (QED) is 0.686. The molecule has 0 saturated carbocycles. The number of carboxylic acid groups (broad SMARTS) is 1. The third kappa shape index (κ3) is 2.34. The second-order valence-electron chi connectivity index (χ2n) is 5.93. The summed E-state index contributed by atoms with van der Waals surface area (Å²) in [4.78, 5) is 27.1. The number of H-pyrrole nitrogens is 1. The van der Waals surface area contributed by atoms with E-state index in [-0.39, 0.29) is 11.5 Å². The van der Waals surface area contributed by atoms with Crippen molar-refractivity contribution in [1.29, 1.82) is 0 Å². The van der Waals surface area contributed by atoms with E-state index in [2.05, 4.69) is 10.3 Å². The lowest BCUT2D eigenvalue weighted by atomic mass is 9.99. The number of amides is 1. The van der Waals surface area contributed by atoms with Gasteiger partial charge < -0.3 is 20.1 Å². The van der Waals surface area contributed by atoms with Gasteiger partial charge in [-0.2, -0.15) is 0 Å². The molecule has 1 aliphatic rings. The first-order valence-corrected chi connectivity index (χ1v) is 7.93. The summed E-state index contributed by atoms with van der Waals surface area (Å²) in [5.74, 6) is -0.815. The molecule has 0 atom stereocenters. The molecule has 0 radical (unpaired) electrons. The van der Waals surface area contributed by atoms with Crippen molar-refractivity contribution in [3.05, 3.63) is 53.1 Å². The molecule has 4 rings (SSSR count). The zero-order chi connectivity index (χ0) is 17.6. The standard InChI is InChI=1S/C19H16N2O4/c1-25-15-6-5-10(9-13(15)19(23)24)17-11-7-8-20-18(22)12-3-2-4-14(21-17)16(11)12/h2-6,9,21H,7-8H2,1H3,(H,20,22)(H,23,24). The summed E-state index contributed by atoms with van der Waals surface area (Å²) in [7, 11) is 1.45. The first kappa shape index (κ1) is 15.3. The van der Waals surface area contributed by atoms with Crippen LogP contribution in [0.3, 0.4) is 0 Å². The highest BCUT2D eigenvalue weighted by molar-refractivity contribution is 6.10. The van der Waals surface area contributed by atoms with Crippen LogP contribution in [0.2, 0.25) is 0 Å². The smallest absolute Gasteiger partial charge is 0.339 e. The van der Waals surface area contributed by atoms with Crippen LogP contribution in [0.4, 0.5) is 0 Å². The van der Waals surface area contributed by atoms with Crippen LogP contribution >= 0.6 is 0 Å². The molecule has 0 bridgehead atoms. The number of nitrogens with one attached hydrogen (secondary N) is 2. The summed E-state index contributed by atoms with van der Waals surface area (Å²) in [6.07, 6.45) is 0.673. The lowest BCUT2D eigenvalue weighted by molar-refractivity contribution is 0.0693. The van der Waals surface area contributed by atoms with Crippen LogP contribution < -0.4 is 10.1 Å². The largest absolute Gasteiger partial charge is 0.496 e. The van der Waals surface area contributed by atoms with E-state index >= 15 is 0 Å². The Labute approximate surface area is 143 Å². The molecular weight excluding hydrogens is 320 g/mol. The van der Waals surface area contributed by atoms with Gasteiger partial charge in [-0.25, -0.2) is 4.79 Å². The topological polar surface area (TPSA) is 91.4 Å². The zero-order valence-corrected chi connectivity index (χ0v) is 13.6. The Hall–Kier alpha value is -3.28. The van der Waals surface area contributed by atoms with Gasteiger partial charge in [-0.1, -0.05) is 6.07 Å². The maximum atomic E-state index is 12.2. The van der Waals surface area contributed by atoms with Crippen LogP contribution in [0.1, 0.15) is 26.3 Å². The first-order valence-electron chi connectivity index (χ1n) is 7.93. The molecule has 2 heterocycles. The summed E-state index contributed by atoms with van der Waals surface area (Å²) in [6.45, 7) is 0.537. The van der Waals surface area contributed by atoms with Crippen molar-refractivity contribution >= 4 is 22.8 Å². The molecule has 3 aromatic rings. The maximum Gasteiger partial charge on any atom is 0.339 e. The Morgan fingerprint density at radius 3 is 2.84 bits per heavy atom. The van der Waals surface area contributed by atoms with Crippen molar-refractivity contribution in [2.45, 2.75) is 6.42 Å². The number of rotatable bonds is 3. The number of ether oxygens (including phenoxy) is 1. The number of hydrogen-bond donors (Lipinski definition) is 3. The lowest BCUT2D eigenvalue weighted by Crippen LogP contribution is -2.23. The van der Waals surface area contributed by atoms with Gasteiger partial charge in [0, 0.05) is 28.7 Å². The van der Waals surface area contributed by atoms with Gasteiger partial charge in [-0.15, -0.1) is 0 Å². The Balaban J connectivity index is 1.98. The van der Waals surface area contributed by atoms with E-state index in [1.165, 1.54) is 7.11 Å². The number of benzene rings is 2. The molecule has 1 amide bonds. The van der Waals surface area contributed by atoms with E-state index in [0.29, 0.717) is 24.3 Å². The van der Waals surface area contributed by atoms with Crippen molar-refractivity contribution in [3.8, 4) is 17.0 Å². The minimum Gasteiger partial charge on any atom is -0.496 e. The molecule has 6 heteroatoms. The van der Waals surface area contributed by atoms with Crippen molar-refractivity contribution in [2.75, 3.05) is 13.7 Å². The van der Waals surface area contributed by atoms with Crippen molar-refractivity contribution in [2.24, 2.45) is 0 Å². The van der Waals surface area contributed by atoms with Gasteiger partial charge in [0.05, 0.1) is 7.11 Å². The number of aromatic amines is 1. The number of carbonyl (C=O) groups is 2. The SMILES string of the molecule is COc1ccc(-c2[nH]c3cccc4c3c2CCNC4=O)cc1C(=O)O. The van der Waals surface area contributed by atoms with Crippen LogP contribution in [0.15, 0.2) is 36.4 Å². The molecule has 0 fully saturated rings. The second kappa shape index (κ2) is 5.66. The summed E-state index contributed by atoms with van der Waals surface area (Å²) >= 11 is 0. The van der Waals surface area contributed by atoms with Crippen LogP contribution in [-0.2, 0) is 6.42 Å². The van der Waals surface area contributed by atoms with Gasteiger partial charge >= 0.3 is 5.97 Å². The highest BCUT2D eigenvalue weighted by Crippen LogP contribution is 2.35. The molecule has 1 aliphatic heterocycles. The number of aromatic carboxylic acids is 1. The predicted octanol–water partition coefficient (Wildman–Crippen LogP) is 2.83. The molecule has 0 unspecified atom stereocenters. The van der Waals surface area contributed by atoms with Crippen LogP contribution in [-0.4, -0.2) is 35.6 Å². The predicted molar refractivity (Wildman–Crippen MR) is 93.3 cm³/mol. The average molecular weight is 336 g/mol.